The van der Waals surface area contributed by atoms with E-state index in [-0.39, 0.29) is 0 Å². The fraction of sp³-hybridized carbons (Fsp3) is 0.455. The maximum absolute atomic E-state index is 6.06. The molecule has 0 radical (unpaired) electrons. The van der Waals surface area contributed by atoms with Gasteiger partial charge >= 0.3 is 0 Å². The number of rotatable bonds is 3. The van der Waals surface area contributed by atoms with Crippen LogP contribution in [0.25, 0.3) is 0 Å². The van der Waals surface area contributed by atoms with Gasteiger partial charge < -0.3 is 5.73 Å². The lowest BCUT2D eigenvalue weighted by Gasteiger charge is -2.06. The summed E-state index contributed by atoms with van der Waals surface area (Å²) in [6.45, 7) is 4.84. The van der Waals surface area contributed by atoms with Gasteiger partial charge in [0.1, 0.15) is 0 Å². The highest BCUT2D eigenvalue weighted by atomic mass is 35.5. The molecule has 2 heteroatoms. The van der Waals surface area contributed by atoms with Crippen molar-refractivity contribution in [3.63, 3.8) is 0 Å². The Labute approximate surface area is 84.9 Å². The van der Waals surface area contributed by atoms with Crippen LogP contribution in [0.5, 0.6) is 0 Å². The van der Waals surface area contributed by atoms with Gasteiger partial charge in [-0.15, -0.1) is 0 Å². The first kappa shape index (κ1) is 10.6. The molecule has 0 aliphatic rings. The van der Waals surface area contributed by atoms with Crippen molar-refractivity contribution in [2.75, 3.05) is 6.54 Å². The van der Waals surface area contributed by atoms with Gasteiger partial charge in [-0.3, -0.25) is 0 Å². The van der Waals surface area contributed by atoms with Gasteiger partial charge in [0.05, 0.1) is 0 Å². The molecular weight excluding hydrogens is 182 g/mol. The summed E-state index contributed by atoms with van der Waals surface area (Å²) in [5.41, 5.74) is 9.12. The summed E-state index contributed by atoms with van der Waals surface area (Å²) in [5, 5.41) is 0.886. The van der Waals surface area contributed by atoms with Gasteiger partial charge in [0, 0.05) is 5.02 Å². The molecule has 0 saturated carbocycles. The molecule has 1 aromatic rings. The van der Waals surface area contributed by atoms with Crippen LogP contribution in [-0.2, 0) is 6.42 Å². The third-order valence-corrected chi connectivity index (χ3v) is 2.76. The van der Waals surface area contributed by atoms with E-state index in [4.69, 9.17) is 17.3 Å². The number of nitrogens with two attached hydrogens (primary N) is 1. The fourth-order valence-corrected chi connectivity index (χ4v) is 1.60. The minimum absolute atomic E-state index is 0.751. The van der Waals surface area contributed by atoms with E-state index in [9.17, 15) is 0 Å². The second kappa shape index (κ2) is 4.64. The van der Waals surface area contributed by atoms with Crippen molar-refractivity contribution in [1.29, 1.82) is 0 Å². The summed E-state index contributed by atoms with van der Waals surface area (Å²) in [4.78, 5) is 0. The van der Waals surface area contributed by atoms with Crippen molar-refractivity contribution in [2.24, 2.45) is 5.73 Å². The third kappa shape index (κ3) is 2.71. The van der Waals surface area contributed by atoms with Crippen LogP contribution in [0.1, 0.15) is 23.1 Å². The van der Waals surface area contributed by atoms with Gasteiger partial charge in [-0.2, -0.15) is 0 Å². The standard InChI is InChI=1S/C11H16ClN/c1-8-6-10(4-3-5-13)7-9(2)11(8)12/h6-7H,3-5,13H2,1-2H3. The van der Waals surface area contributed by atoms with Crippen LogP contribution >= 0.6 is 11.6 Å². The Morgan fingerprint density at radius 3 is 2.23 bits per heavy atom. The van der Waals surface area contributed by atoms with E-state index < -0.39 is 0 Å². The second-order valence-corrected chi connectivity index (χ2v) is 3.81. The Morgan fingerprint density at radius 2 is 1.77 bits per heavy atom. The molecule has 13 heavy (non-hydrogen) atoms. The monoisotopic (exact) mass is 197 g/mol. The average Bonchev–Trinajstić information content (AvgIpc) is 2.10. The van der Waals surface area contributed by atoms with E-state index in [2.05, 4.69) is 12.1 Å². The highest BCUT2D eigenvalue weighted by molar-refractivity contribution is 6.32. The molecular formula is C11H16ClN. The third-order valence-electron chi connectivity index (χ3n) is 2.17. The molecule has 0 bridgehead atoms. The minimum atomic E-state index is 0.751. The first-order valence-electron chi connectivity index (χ1n) is 4.61. The van der Waals surface area contributed by atoms with Crippen LogP contribution in [0.15, 0.2) is 12.1 Å². The molecule has 1 aromatic carbocycles. The van der Waals surface area contributed by atoms with E-state index in [0.29, 0.717) is 0 Å². The topological polar surface area (TPSA) is 26.0 Å². The van der Waals surface area contributed by atoms with Gasteiger partial charge in [0.2, 0.25) is 0 Å². The second-order valence-electron chi connectivity index (χ2n) is 3.44. The zero-order valence-corrected chi connectivity index (χ0v) is 8.99. The first-order chi connectivity index (χ1) is 6.15. The Kier molecular flexibility index (Phi) is 3.76. The number of halogens is 1. The van der Waals surface area contributed by atoms with E-state index in [1.54, 1.807) is 0 Å². The summed E-state index contributed by atoms with van der Waals surface area (Å²) in [6, 6.07) is 4.29. The molecule has 0 heterocycles. The van der Waals surface area contributed by atoms with E-state index in [0.717, 1.165) is 35.5 Å². The maximum atomic E-state index is 6.06. The molecule has 2 N–H and O–H groups in total. The Hall–Kier alpha value is -0.530. The number of aryl methyl sites for hydroxylation is 3. The maximum Gasteiger partial charge on any atom is 0.0464 e. The van der Waals surface area contributed by atoms with Gasteiger partial charge in [-0.1, -0.05) is 23.7 Å². The summed E-state index contributed by atoms with van der Waals surface area (Å²) < 4.78 is 0. The summed E-state index contributed by atoms with van der Waals surface area (Å²) in [7, 11) is 0. The normalized spacial score (nSPS) is 10.5. The van der Waals surface area contributed by atoms with Crippen LogP contribution < -0.4 is 5.73 Å². The van der Waals surface area contributed by atoms with Crippen molar-refractivity contribution in [2.45, 2.75) is 26.7 Å². The molecule has 0 aliphatic carbocycles. The van der Waals surface area contributed by atoms with Gasteiger partial charge in [0.25, 0.3) is 0 Å². The number of hydrogen-bond acceptors (Lipinski definition) is 1. The zero-order chi connectivity index (χ0) is 9.84. The average molecular weight is 198 g/mol. The van der Waals surface area contributed by atoms with Crippen molar-refractivity contribution >= 4 is 11.6 Å². The molecule has 0 aromatic heterocycles. The van der Waals surface area contributed by atoms with E-state index in [1.807, 2.05) is 13.8 Å². The van der Waals surface area contributed by atoms with E-state index in [1.165, 1.54) is 5.56 Å². The fourth-order valence-electron chi connectivity index (χ4n) is 1.49. The Bertz CT molecular complexity index is 271. The largest absolute Gasteiger partial charge is 0.330 e. The number of hydrogen-bond donors (Lipinski definition) is 1. The summed E-state index contributed by atoms with van der Waals surface area (Å²) >= 11 is 6.06. The van der Waals surface area contributed by atoms with Gasteiger partial charge in [-0.25, -0.2) is 0 Å². The Morgan fingerprint density at radius 1 is 1.23 bits per heavy atom. The van der Waals surface area contributed by atoms with E-state index >= 15 is 0 Å². The molecule has 0 unspecified atom stereocenters. The first-order valence-corrected chi connectivity index (χ1v) is 4.98. The highest BCUT2D eigenvalue weighted by Crippen LogP contribution is 2.22. The van der Waals surface area contributed by atoms with Crippen molar-refractivity contribution < 1.29 is 0 Å². The summed E-state index contributed by atoms with van der Waals surface area (Å²) in [5.74, 6) is 0. The van der Waals surface area contributed by atoms with Crippen molar-refractivity contribution in [1.82, 2.24) is 0 Å². The SMILES string of the molecule is Cc1cc(CCCN)cc(C)c1Cl. The number of benzene rings is 1. The minimum Gasteiger partial charge on any atom is -0.330 e. The van der Waals surface area contributed by atoms with Crippen LogP contribution in [-0.4, -0.2) is 6.54 Å². The predicted molar refractivity (Wildman–Crippen MR) is 58.3 cm³/mol. The van der Waals surface area contributed by atoms with Crippen LogP contribution in [0.3, 0.4) is 0 Å². The molecule has 0 fully saturated rings. The zero-order valence-electron chi connectivity index (χ0n) is 8.23. The molecule has 1 rings (SSSR count). The van der Waals surface area contributed by atoms with Crippen LogP contribution in [0.2, 0.25) is 5.02 Å². The smallest absolute Gasteiger partial charge is 0.0464 e. The highest BCUT2D eigenvalue weighted by Gasteiger charge is 2.01. The summed E-state index contributed by atoms with van der Waals surface area (Å²) in [6.07, 6.45) is 2.09. The lowest BCUT2D eigenvalue weighted by Crippen LogP contribution is -2.00. The van der Waals surface area contributed by atoms with Gasteiger partial charge in [0.15, 0.2) is 0 Å². The Balaban J connectivity index is 2.86. The van der Waals surface area contributed by atoms with Crippen LogP contribution in [0, 0.1) is 13.8 Å². The molecule has 72 valence electrons. The molecule has 0 atom stereocenters. The molecule has 1 nitrogen and oxygen atoms in total. The lowest BCUT2D eigenvalue weighted by molar-refractivity contribution is 0.831. The van der Waals surface area contributed by atoms with Crippen molar-refractivity contribution in [3.05, 3.63) is 33.8 Å². The van der Waals surface area contributed by atoms with Crippen molar-refractivity contribution in [3.8, 4) is 0 Å². The molecule has 0 saturated heterocycles. The molecule has 0 aliphatic heterocycles. The van der Waals surface area contributed by atoms with Crippen LogP contribution in [0.4, 0.5) is 0 Å². The lowest BCUT2D eigenvalue weighted by atomic mass is 10.0. The van der Waals surface area contributed by atoms with Gasteiger partial charge in [-0.05, 0) is 49.9 Å². The molecule has 0 spiro atoms. The molecule has 0 amide bonds. The predicted octanol–water partition coefficient (Wildman–Crippen LogP) is 2.85. The quantitative estimate of drug-likeness (QED) is 0.793.